The van der Waals surface area contributed by atoms with Crippen LogP contribution < -0.4 is 108 Å². The van der Waals surface area contributed by atoms with Gasteiger partial charge in [-0.25, -0.2) is 5.57 Å². The predicted molar refractivity (Wildman–Crippen MR) is 89.9 cm³/mol. The van der Waals surface area contributed by atoms with Crippen LogP contribution in [-0.2, 0) is 0 Å². The quantitative estimate of drug-likeness (QED) is 0.232. The molecule has 0 saturated carbocycles. The summed E-state index contributed by atoms with van der Waals surface area (Å²) in [5.74, 6) is 0.434. The van der Waals surface area contributed by atoms with Crippen LogP contribution in [0.1, 0.15) is 31.9 Å². The number of allylic oxidation sites excluding steroid dienone is 1. The first-order chi connectivity index (χ1) is 10.6. The molecule has 0 amide bonds. The fourth-order valence-electron chi connectivity index (χ4n) is 1.51. The molecule has 8 heteroatoms. The Morgan fingerprint density at radius 2 is 1.92 bits per heavy atom. The number of nitrogens with zero attached hydrogens (tertiary/aromatic N) is 2. The molecule has 1 aromatic carbocycles. The Kier molecular flexibility index (Phi) is 15.7. The molecule has 0 N–H and O–H groups in total. The molecule has 0 bridgehead atoms. The van der Waals surface area contributed by atoms with Gasteiger partial charge in [-0.3, -0.25) is 6.58 Å². The van der Waals surface area contributed by atoms with Crippen molar-refractivity contribution < 1.29 is 116 Å². The number of rotatable bonds is 7. The largest absolute Gasteiger partial charge is 1.00 e. The number of ether oxygens (including phenoxy) is 1. The van der Waals surface area contributed by atoms with Crippen molar-refractivity contribution in [1.82, 2.24) is 0 Å². The van der Waals surface area contributed by atoms with E-state index in [1.165, 1.54) is 19.4 Å². The van der Waals surface area contributed by atoms with E-state index >= 15 is 0 Å². The van der Waals surface area contributed by atoms with Crippen molar-refractivity contribution >= 4 is 24.0 Å². The van der Waals surface area contributed by atoms with Crippen molar-refractivity contribution in [3.05, 3.63) is 41.5 Å². The van der Waals surface area contributed by atoms with Crippen LogP contribution >= 0.6 is 11.6 Å². The summed E-state index contributed by atoms with van der Waals surface area (Å²) in [6.07, 6.45) is 2.27. The Bertz CT molecular complexity index is 619. The summed E-state index contributed by atoms with van der Waals surface area (Å²) in [6, 6.07) is 5.15. The number of alkyl halides is 3. The van der Waals surface area contributed by atoms with Gasteiger partial charge in [-0.05, 0) is 31.7 Å². The molecule has 0 fully saturated rings. The van der Waals surface area contributed by atoms with Crippen LogP contribution in [0.3, 0.4) is 0 Å². The van der Waals surface area contributed by atoms with E-state index in [4.69, 9.17) is 22.9 Å². The Labute approximate surface area is 238 Å². The second-order valence-corrected chi connectivity index (χ2v) is 5.66. The molecule has 0 heterocycles. The fraction of sp³-hybridized carbons (Fsp3) is 0.412. The van der Waals surface area contributed by atoms with Crippen molar-refractivity contribution in [2.75, 3.05) is 0 Å². The molecule has 1 rings (SSSR count). The number of aryl methyl sites for hydroxylation is 1. The molecule has 25 heavy (non-hydrogen) atoms. The summed E-state index contributed by atoms with van der Waals surface area (Å²) in [4.78, 5) is 7.88. The van der Waals surface area contributed by atoms with Crippen LogP contribution in [0.15, 0.2) is 27.7 Å². The molecular weight excluding hydrogens is 400 g/mol. The van der Waals surface area contributed by atoms with Crippen molar-refractivity contribution in [1.29, 1.82) is 0 Å². The van der Waals surface area contributed by atoms with E-state index in [-0.39, 0.29) is 103 Å². The number of aliphatic imine (C=N–C) groups is 2. The van der Waals surface area contributed by atoms with Crippen LogP contribution in [-0.4, -0.2) is 30.1 Å². The average molecular weight is 419 g/mol. The van der Waals surface area contributed by atoms with Crippen molar-refractivity contribution in [3.8, 4) is 5.75 Å². The molecule has 2 atom stereocenters. The van der Waals surface area contributed by atoms with Gasteiger partial charge in [-0.15, -0.1) is 30.0 Å². The number of hydrogen-bond acceptors (Lipinski definition) is 3. The molecular formula is C17H19ClF2K2N2O. The monoisotopic (exact) mass is 418 g/mol. The van der Waals surface area contributed by atoms with Gasteiger partial charge in [0.05, 0.1) is 0 Å². The first-order valence-electron chi connectivity index (χ1n) is 7.01. The summed E-state index contributed by atoms with van der Waals surface area (Å²) in [7, 11) is 0. The SMILES string of the molecule is [CH-]=C(C)/C=N\C(C)Oc1ccc(C)[c-]c1C=NC(C)C(F)(F)Cl.[K+].[K+]. The average Bonchev–Trinajstić information content (AvgIpc) is 2.43. The molecule has 0 saturated heterocycles. The van der Waals surface area contributed by atoms with E-state index in [1.807, 2.05) is 6.92 Å². The second kappa shape index (κ2) is 13.7. The second-order valence-electron chi connectivity index (χ2n) is 5.15. The maximum absolute atomic E-state index is 13.0. The van der Waals surface area contributed by atoms with Crippen LogP contribution in [0.5, 0.6) is 5.75 Å². The zero-order chi connectivity index (χ0) is 17.6. The Morgan fingerprint density at radius 3 is 2.44 bits per heavy atom. The normalized spacial score (nSPS) is 13.9. The van der Waals surface area contributed by atoms with Crippen molar-refractivity contribution in [2.45, 2.75) is 45.3 Å². The van der Waals surface area contributed by atoms with Crippen molar-refractivity contribution in [2.24, 2.45) is 9.98 Å². The van der Waals surface area contributed by atoms with Gasteiger partial charge in [0, 0.05) is 5.75 Å². The zero-order valence-electron chi connectivity index (χ0n) is 15.5. The van der Waals surface area contributed by atoms with Gasteiger partial charge in [0.1, 0.15) is 6.04 Å². The van der Waals surface area contributed by atoms with E-state index in [0.29, 0.717) is 16.9 Å². The molecule has 0 spiro atoms. The third kappa shape index (κ3) is 11.8. The summed E-state index contributed by atoms with van der Waals surface area (Å²) in [5.41, 5.74) is 1.83. The van der Waals surface area contributed by atoms with Crippen LogP contribution in [0.2, 0.25) is 0 Å². The Balaban J connectivity index is 0. The van der Waals surface area contributed by atoms with E-state index in [1.54, 1.807) is 26.0 Å². The van der Waals surface area contributed by atoms with E-state index in [2.05, 4.69) is 16.1 Å². The Morgan fingerprint density at radius 1 is 1.32 bits per heavy atom. The maximum atomic E-state index is 13.0. The van der Waals surface area contributed by atoms with Crippen LogP contribution in [0.25, 0.3) is 0 Å². The summed E-state index contributed by atoms with van der Waals surface area (Å²) < 4.78 is 31.6. The smallest absolute Gasteiger partial charge is 0.516 e. The van der Waals surface area contributed by atoms with Crippen LogP contribution in [0, 0.1) is 19.6 Å². The van der Waals surface area contributed by atoms with Gasteiger partial charge in [0.25, 0.3) is 0 Å². The fourth-order valence-corrected chi connectivity index (χ4v) is 1.57. The minimum absolute atomic E-state index is 0. The molecule has 0 aromatic heterocycles. The summed E-state index contributed by atoms with van der Waals surface area (Å²) >= 11 is 4.95. The number of halogens is 3. The third-order valence-corrected chi connectivity index (χ3v) is 3.08. The van der Waals surface area contributed by atoms with Gasteiger partial charge in [-0.1, -0.05) is 19.4 Å². The summed E-state index contributed by atoms with van der Waals surface area (Å²) in [6.45, 7) is 12.0. The van der Waals surface area contributed by atoms with Gasteiger partial charge >= 0.3 is 108 Å². The first-order valence-corrected chi connectivity index (χ1v) is 7.39. The Hall–Kier alpha value is 1.52. The van der Waals surface area contributed by atoms with E-state index in [9.17, 15) is 8.78 Å². The molecule has 3 nitrogen and oxygen atoms in total. The summed E-state index contributed by atoms with van der Waals surface area (Å²) in [5, 5.41) is -3.41. The number of benzene rings is 1. The molecule has 0 aliphatic rings. The van der Waals surface area contributed by atoms with E-state index < -0.39 is 17.7 Å². The third-order valence-electron chi connectivity index (χ3n) is 2.77. The standard InChI is InChI=1S/C17H19ClF2N2O.2K/c1-11(2)9-22-14(5)23-16-7-6-12(3)8-15(16)10-21-13(4)17(18,19)20;;/h1,6-7,9-10,13-14H,2-5H3;;/q-2;2*+1/b21-10?,22-9-;;. The maximum Gasteiger partial charge on any atom is 1.00 e. The molecule has 0 aliphatic heterocycles. The predicted octanol–water partition coefficient (Wildman–Crippen LogP) is -1.38. The van der Waals surface area contributed by atoms with Gasteiger partial charge in [0.15, 0.2) is 6.23 Å². The van der Waals surface area contributed by atoms with Crippen LogP contribution in [0.4, 0.5) is 8.78 Å². The minimum Gasteiger partial charge on any atom is -0.516 e. The molecule has 2 unspecified atom stereocenters. The van der Waals surface area contributed by atoms with E-state index in [0.717, 1.165) is 5.56 Å². The van der Waals surface area contributed by atoms with Crippen molar-refractivity contribution in [3.63, 3.8) is 0 Å². The minimum atomic E-state index is -3.41. The molecule has 0 aliphatic carbocycles. The number of hydrogen-bond donors (Lipinski definition) is 0. The first kappa shape index (κ1) is 28.7. The molecule has 1 aromatic rings. The van der Waals surface area contributed by atoms with Gasteiger partial charge in [-0.2, -0.15) is 8.78 Å². The van der Waals surface area contributed by atoms with Gasteiger partial charge in [0.2, 0.25) is 0 Å². The molecule has 126 valence electrons. The zero-order valence-corrected chi connectivity index (χ0v) is 22.5. The molecule has 0 radical (unpaired) electrons. The topological polar surface area (TPSA) is 34.0 Å². The van der Waals surface area contributed by atoms with Gasteiger partial charge < -0.3 is 14.7 Å².